The molecule has 0 unspecified atom stereocenters. The second kappa shape index (κ2) is 10.7. The van der Waals surface area contributed by atoms with Gasteiger partial charge in [0.15, 0.2) is 0 Å². The molecule has 4 aromatic rings. The van der Waals surface area contributed by atoms with Gasteiger partial charge in [-0.2, -0.15) is 5.10 Å². The number of nitrogens with one attached hydrogen (secondary N) is 2. The van der Waals surface area contributed by atoms with Crippen molar-refractivity contribution in [2.75, 3.05) is 11.9 Å². The van der Waals surface area contributed by atoms with Crippen molar-refractivity contribution in [2.24, 2.45) is 5.73 Å². The van der Waals surface area contributed by atoms with E-state index in [1.54, 1.807) is 0 Å². The summed E-state index contributed by atoms with van der Waals surface area (Å²) in [6.07, 6.45) is 9.10. The van der Waals surface area contributed by atoms with Crippen LogP contribution in [-0.2, 0) is 6.54 Å². The molecule has 0 saturated carbocycles. The maximum atomic E-state index is 4.75. The molecule has 0 bridgehead atoms. The van der Waals surface area contributed by atoms with Crippen LogP contribution in [0, 0.1) is 0 Å². The molecule has 0 fully saturated rings. The summed E-state index contributed by atoms with van der Waals surface area (Å²) in [6.45, 7) is 12.9. The lowest BCUT2D eigenvalue weighted by atomic mass is 9.98. The number of fused-ring (bicyclic) bond motifs is 2. The van der Waals surface area contributed by atoms with Crippen molar-refractivity contribution >= 4 is 28.5 Å². The van der Waals surface area contributed by atoms with Crippen molar-refractivity contribution in [3.05, 3.63) is 103 Å². The Labute approximate surface area is 206 Å². The van der Waals surface area contributed by atoms with Crippen molar-refractivity contribution in [1.82, 2.24) is 20.1 Å². The molecule has 0 radical (unpaired) electrons. The molecule has 5 rings (SSSR count). The largest absolute Gasteiger partial charge is 0.405 e. The van der Waals surface area contributed by atoms with Gasteiger partial charge in [0, 0.05) is 35.8 Å². The molecule has 0 spiro atoms. The van der Waals surface area contributed by atoms with Crippen LogP contribution in [0.1, 0.15) is 36.5 Å². The average Bonchev–Trinajstić information content (AvgIpc) is 3.33. The maximum Gasteiger partial charge on any atom is 0.135 e. The molecule has 178 valence electrons. The third kappa shape index (κ3) is 4.96. The Morgan fingerprint density at radius 2 is 1.97 bits per heavy atom. The van der Waals surface area contributed by atoms with Crippen LogP contribution < -0.4 is 16.4 Å². The minimum atomic E-state index is 0.422. The SMILES string of the molecule is C=CN.C=Cc1ccc2c(-c3ccccc3CNC3=CCNc4c(C(C)C)cnn43)nccc2c1. The molecule has 0 atom stereocenters. The molecule has 0 aliphatic carbocycles. The molecule has 6 heteroatoms. The minimum absolute atomic E-state index is 0.422. The molecule has 3 heterocycles. The fourth-order valence-electron chi connectivity index (χ4n) is 4.25. The molecule has 1 aliphatic heterocycles. The first-order valence-electron chi connectivity index (χ1n) is 11.8. The first-order valence-corrected chi connectivity index (χ1v) is 11.8. The van der Waals surface area contributed by atoms with Gasteiger partial charge in [0.1, 0.15) is 11.6 Å². The second-order valence-corrected chi connectivity index (χ2v) is 8.58. The molecule has 0 saturated heterocycles. The van der Waals surface area contributed by atoms with E-state index in [0.29, 0.717) is 12.5 Å². The summed E-state index contributed by atoms with van der Waals surface area (Å²) >= 11 is 0. The van der Waals surface area contributed by atoms with Gasteiger partial charge in [-0.1, -0.05) is 69.5 Å². The van der Waals surface area contributed by atoms with Gasteiger partial charge in [-0.05, 0) is 46.8 Å². The van der Waals surface area contributed by atoms with Gasteiger partial charge in [0.05, 0.1) is 11.9 Å². The van der Waals surface area contributed by atoms with E-state index in [9.17, 15) is 0 Å². The Bertz CT molecular complexity index is 1380. The van der Waals surface area contributed by atoms with Crippen molar-refractivity contribution in [3.63, 3.8) is 0 Å². The third-order valence-corrected chi connectivity index (χ3v) is 5.97. The lowest BCUT2D eigenvalue weighted by molar-refractivity contribution is 0.761. The highest BCUT2D eigenvalue weighted by Gasteiger charge is 2.19. The zero-order valence-electron chi connectivity index (χ0n) is 20.3. The summed E-state index contributed by atoms with van der Waals surface area (Å²) in [5.74, 6) is 2.50. The van der Waals surface area contributed by atoms with E-state index >= 15 is 0 Å². The van der Waals surface area contributed by atoms with Crippen LogP contribution in [0.2, 0.25) is 0 Å². The Balaban J connectivity index is 0.000000917. The molecule has 2 aromatic carbocycles. The summed E-state index contributed by atoms with van der Waals surface area (Å²) in [6, 6.07) is 16.9. The van der Waals surface area contributed by atoms with Crippen LogP contribution in [0.3, 0.4) is 0 Å². The van der Waals surface area contributed by atoms with Crippen molar-refractivity contribution in [2.45, 2.75) is 26.3 Å². The zero-order valence-corrected chi connectivity index (χ0v) is 20.3. The topological polar surface area (TPSA) is 80.8 Å². The van der Waals surface area contributed by atoms with E-state index in [0.717, 1.165) is 40.4 Å². The average molecular weight is 465 g/mol. The monoisotopic (exact) mass is 464 g/mol. The first-order chi connectivity index (χ1) is 17.1. The lowest BCUT2D eigenvalue weighted by Crippen LogP contribution is -2.24. The van der Waals surface area contributed by atoms with E-state index < -0.39 is 0 Å². The number of hydrogen-bond acceptors (Lipinski definition) is 5. The lowest BCUT2D eigenvalue weighted by Gasteiger charge is -2.21. The van der Waals surface area contributed by atoms with Crippen molar-refractivity contribution in [1.29, 1.82) is 0 Å². The number of aromatic nitrogens is 3. The number of benzene rings is 2. The zero-order chi connectivity index (χ0) is 24.8. The molecule has 6 nitrogen and oxygen atoms in total. The summed E-state index contributed by atoms with van der Waals surface area (Å²) in [5, 5.41) is 14.0. The molecule has 0 amide bonds. The predicted octanol–water partition coefficient (Wildman–Crippen LogP) is 5.97. The van der Waals surface area contributed by atoms with Gasteiger partial charge < -0.3 is 16.4 Å². The van der Waals surface area contributed by atoms with Gasteiger partial charge in [0.2, 0.25) is 0 Å². The molecule has 1 aliphatic rings. The first kappa shape index (κ1) is 23.8. The van der Waals surface area contributed by atoms with Crippen LogP contribution in [0.15, 0.2) is 86.4 Å². The fraction of sp³-hybridized carbons (Fsp3) is 0.172. The molecule has 35 heavy (non-hydrogen) atoms. The Morgan fingerprint density at radius 1 is 1.17 bits per heavy atom. The van der Waals surface area contributed by atoms with Gasteiger partial charge in [-0.15, -0.1) is 0 Å². The third-order valence-electron chi connectivity index (χ3n) is 5.97. The highest BCUT2D eigenvalue weighted by atomic mass is 15.4. The summed E-state index contributed by atoms with van der Waals surface area (Å²) < 4.78 is 1.97. The smallest absolute Gasteiger partial charge is 0.135 e. The maximum absolute atomic E-state index is 4.75. The summed E-state index contributed by atoms with van der Waals surface area (Å²) in [4.78, 5) is 4.75. The Morgan fingerprint density at radius 3 is 2.74 bits per heavy atom. The van der Waals surface area contributed by atoms with Gasteiger partial charge in [0.25, 0.3) is 0 Å². The number of rotatable bonds is 6. The van der Waals surface area contributed by atoms with Crippen LogP contribution in [0.4, 0.5) is 5.82 Å². The minimum Gasteiger partial charge on any atom is -0.405 e. The quantitative estimate of drug-likeness (QED) is 0.328. The number of anilines is 1. The number of nitrogens with zero attached hydrogens (tertiary/aromatic N) is 3. The predicted molar refractivity (Wildman–Crippen MR) is 148 cm³/mol. The van der Waals surface area contributed by atoms with E-state index in [1.807, 2.05) is 23.2 Å². The normalized spacial score (nSPS) is 12.1. The molecular weight excluding hydrogens is 432 g/mol. The number of nitrogens with two attached hydrogens (primary N) is 1. The van der Waals surface area contributed by atoms with E-state index in [-0.39, 0.29) is 0 Å². The van der Waals surface area contributed by atoms with Crippen molar-refractivity contribution < 1.29 is 0 Å². The Kier molecular flexibility index (Phi) is 7.31. The van der Waals surface area contributed by atoms with Crippen LogP contribution >= 0.6 is 0 Å². The van der Waals surface area contributed by atoms with Crippen LogP contribution in [0.5, 0.6) is 0 Å². The fourth-order valence-corrected chi connectivity index (χ4v) is 4.25. The highest BCUT2D eigenvalue weighted by molar-refractivity contribution is 5.96. The molecular formula is C29H32N6. The van der Waals surface area contributed by atoms with Gasteiger partial charge >= 0.3 is 0 Å². The summed E-state index contributed by atoms with van der Waals surface area (Å²) in [5.41, 5.74) is 10.3. The Hall–Kier alpha value is -4.32. The molecule has 2 aromatic heterocycles. The van der Waals surface area contributed by atoms with Crippen molar-refractivity contribution in [3.8, 4) is 11.3 Å². The van der Waals surface area contributed by atoms with Crippen LogP contribution in [0.25, 0.3) is 33.9 Å². The summed E-state index contributed by atoms with van der Waals surface area (Å²) in [7, 11) is 0. The molecule has 4 N–H and O–H groups in total. The highest BCUT2D eigenvalue weighted by Crippen LogP contribution is 2.31. The van der Waals surface area contributed by atoms with E-state index in [2.05, 4.69) is 103 Å². The number of pyridine rings is 1. The van der Waals surface area contributed by atoms with Crippen LogP contribution in [-0.4, -0.2) is 21.3 Å². The second-order valence-electron chi connectivity index (χ2n) is 8.58. The van der Waals surface area contributed by atoms with E-state index in [4.69, 9.17) is 4.98 Å². The van der Waals surface area contributed by atoms with E-state index in [1.165, 1.54) is 22.7 Å². The standard InChI is InChI=1S/C27H27N5.C2H5N/c1-4-19-9-10-23-20(15-19)11-13-28-26(23)22-8-6-5-7-21(22)16-30-25-12-14-29-27-24(18(2)3)17-31-32(25)27;1-2-3/h4-13,15,17-18,29-30H,1,14,16H2,2-3H3;2H,1,3H2. The number of hydrogen-bond donors (Lipinski definition) is 3. The van der Waals surface area contributed by atoms with Gasteiger partial charge in [-0.3, -0.25) is 4.98 Å². The van der Waals surface area contributed by atoms with Gasteiger partial charge in [-0.25, -0.2) is 4.68 Å².